The second-order valence-corrected chi connectivity index (χ2v) is 24.4. The van der Waals surface area contributed by atoms with Gasteiger partial charge in [-0.25, -0.2) is 14.0 Å². The maximum Gasteiger partial charge on any atom is 0.335 e. The van der Waals surface area contributed by atoms with Crippen LogP contribution in [0.25, 0.3) is 0 Å². The van der Waals surface area contributed by atoms with Gasteiger partial charge in [0.05, 0.1) is 47.2 Å². The molecule has 0 unspecified atom stereocenters. The third kappa shape index (κ3) is 19.7. The van der Waals surface area contributed by atoms with Crippen molar-refractivity contribution in [3.8, 4) is 28.7 Å². The van der Waals surface area contributed by atoms with Crippen molar-refractivity contribution in [2.45, 2.75) is 36.8 Å². The fraction of sp³-hybridized carbons (Fsp3) is 0.0159. The highest BCUT2D eigenvalue weighted by molar-refractivity contribution is 14.1. The monoisotopic (exact) mass is 1530 g/mol. The van der Waals surface area contributed by atoms with E-state index in [4.69, 9.17) is 20.1 Å². The van der Waals surface area contributed by atoms with Crippen molar-refractivity contribution < 1.29 is 44.2 Å². The quantitative estimate of drug-likeness (QED) is 0.0517. The molecular formula is C63H51FI4O8S2+2. The standard InChI is InChI=1S/2C18H15S.C13H8I2O4.C7H5FO2.C6H4I2O2.CH4/c2*1-4-10-16(11-5-1)19(17-12-6-2-7-13-17)18-14-8-3-9-15-18;14-10-5-9(6-11(15)12(10)16)19-8-3-1-7(2-4-8)13(17)18;8-6-3-1-5(2-4-6)7(9)10;7-4-1-3(9)2-5(8)6(4)10;/h2*1-15H;1-6,16H,(H,17,18);1-4H,(H,9,10);1-2,9-10H;1H4/q2*+1;;;;. The van der Waals surface area contributed by atoms with Crippen molar-refractivity contribution in [1.29, 1.82) is 0 Å². The molecule has 0 bridgehead atoms. The van der Waals surface area contributed by atoms with E-state index >= 15 is 0 Å². The summed E-state index contributed by atoms with van der Waals surface area (Å²) in [5.74, 6) is -0.650. The molecule has 78 heavy (non-hydrogen) atoms. The Morgan fingerprint density at radius 1 is 0.359 bits per heavy atom. The van der Waals surface area contributed by atoms with E-state index in [1.807, 2.05) is 90.4 Å². The largest absolute Gasteiger partial charge is 0.508 e. The number of hydrogen-bond acceptors (Lipinski definition) is 6. The molecule has 0 amide bonds. The number of carbonyl (C=O) groups is 2. The number of hydrogen-bond donors (Lipinski definition) is 5. The zero-order chi connectivity index (χ0) is 55.1. The molecular weight excluding hydrogens is 1480 g/mol. The first kappa shape index (κ1) is 62.7. The number of rotatable bonds is 10. The fourth-order valence-electron chi connectivity index (χ4n) is 6.70. The number of halogens is 5. The Bertz CT molecular complexity index is 3060. The van der Waals surface area contributed by atoms with E-state index in [0.29, 0.717) is 25.8 Å². The summed E-state index contributed by atoms with van der Waals surface area (Å²) in [6, 6.07) is 81.6. The lowest BCUT2D eigenvalue weighted by molar-refractivity contribution is 0.0686. The van der Waals surface area contributed by atoms with Gasteiger partial charge in [0.25, 0.3) is 0 Å². The van der Waals surface area contributed by atoms with E-state index in [-0.39, 0.29) is 57.6 Å². The van der Waals surface area contributed by atoms with Crippen LogP contribution in [-0.2, 0) is 21.8 Å². The van der Waals surface area contributed by atoms with Crippen LogP contribution in [0.3, 0.4) is 0 Å². The summed E-state index contributed by atoms with van der Waals surface area (Å²) in [4.78, 5) is 29.1. The van der Waals surface area contributed by atoms with Crippen molar-refractivity contribution in [1.82, 2.24) is 0 Å². The summed E-state index contributed by atoms with van der Waals surface area (Å²) >= 11 is 7.96. The van der Waals surface area contributed by atoms with E-state index in [1.54, 1.807) is 24.3 Å². The van der Waals surface area contributed by atoms with Gasteiger partial charge in [-0.3, -0.25) is 0 Å². The van der Waals surface area contributed by atoms with Gasteiger partial charge in [0.15, 0.2) is 29.4 Å². The Hall–Kier alpha value is -6.11. The zero-order valence-electron chi connectivity index (χ0n) is 40.4. The lowest BCUT2D eigenvalue weighted by Gasteiger charge is -2.08. The van der Waals surface area contributed by atoms with E-state index in [2.05, 4.69) is 182 Å². The van der Waals surface area contributed by atoms with Crippen LogP contribution in [0.2, 0.25) is 0 Å². The van der Waals surface area contributed by atoms with E-state index < -0.39 is 17.8 Å². The Morgan fingerprint density at radius 2 is 0.603 bits per heavy atom. The number of phenols is 3. The second-order valence-electron chi connectivity index (χ2n) is 15.7. The molecule has 0 fully saturated rings. The highest BCUT2D eigenvalue weighted by Gasteiger charge is 2.29. The number of phenolic OH excluding ortho intramolecular Hbond substituents is 3. The van der Waals surface area contributed by atoms with Crippen LogP contribution in [0.1, 0.15) is 28.1 Å². The number of carboxylic acids is 2. The molecule has 0 aromatic heterocycles. The first-order chi connectivity index (χ1) is 37.2. The van der Waals surface area contributed by atoms with Gasteiger partial charge < -0.3 is 30.3 Å². The normalized spacial score (nSPS) is 10.1. The summed E-state index contributed by atoms with van der Waals surface area (Å²) in [6.07, 6.45) is 0. The van der Waals surface area contributed by atoms with Crippen LogP contribution in [0.4, 0.5) is 4.39 Å². The average Bonchev–Trinajstić information content (AvgIpc) is 3.45. The van der Waals surface area contributed by atoms with Gasteiger partial charge in [-0.15, -0.1) is 0 Å². The van der Waals surface area contributed by atoms with E-state index in [1.165, 1.54) is 65.8 Å². The second kappa shape index (κ2) is 32.7. The maximum atomic E-state index is 12.2. The molecule has 0 saturated carbocycles. The SMILES string of the molecule is C.O=C(O)c1ccc(F)cc1.O=C(O)c1ccc(Oc2cc(I)c(O)c(I)c2)cc1.Oc1cc(I)c(O)c(I)c1.c1ccc([S+](c2ccccc2)c2ccccc2)cc1.c1ccc([S+](c2ccccc2)c2ccccc2)cc1. The number of aromatic hydroxyl groups is 3. The number of aromatic carboxylic acids is 2. The number of benzene rings is 10. The molecule has 15 heteroatoms. The van der Waals surface area contributed by atoms with Crippen LogP contribution >= 0.6 is 90.4 Å². The smallest absolute Gasteiger partial charge is 0.335 e. The summed E-state index contributed by atoms with van der Waals surface area (Å²) in [7, 11) is -0.0293. The molecule has 5 N–H and O–H groups in total. The van der Waals surface area contributed by atoms with Gasteiger partial charge in [0.2, 0.25) is 0 Å². The molecule has 0 aliphatic heterocycles. The van der Waals surface area contributed by atoms with Crippen molar-refractivity contribution in [3.63, 3.8) is 0 Å². The third-order valence-corrected chi connectivity index (χ3v) is 18.0. The van der Waals surface area contributed by atoms with Crippen LogP contribution in [0.15, 0.2) is 284 Å². The van der Waals surface area contributed by atoms with Crippen molar-refractivity contribution >= 4 is 124 Å². The predicted molar refractivity (Wildman–Crippen MR) is 345 cm³/mol. The summed E-state index contributed by atoms with van der Waals surface area (Å²) < 4.78 is 20.5. The summed E-state index contributed by atoms with van der Waals surface area (Å²) in [6.45, 7) is 0. The van der Waals surface area contributed by atoms with Gasteiger partial charge in [0.1, 0.15) is 34.6 Å². The first-order valence-corrected chi connectivity index (χ1v) is 29.8. The molecule has 0 aliphatic rings. The molecule has 0 atom stereocenters. The first-order valence-electron chi connectivity index (χ1n) is 23.0. The minimum absolute atomic E-state index is 0. The summed E-state index contributed by atoms with van der Waals surface area (Å²) in [5, 5.41) is 45.0. The molecule has 10 aromatic carbocycles. The Balaban J connectivity index is 0.000000184. The minimum atomic E-state index is -1.04. The molecule has 0 heterocycles. The molecule has 0 spiro atoms. The van der Waals surface area contributed by atoms with Crippen molar-refractivity contribution in [2.75, 3.05) is 0 Å². The van der Waals surface area contributed by atoms with Crippen LogP contribution in [0.5, 0.6) is 28.7 Å². The van der Waals surface area contributed by atoms with Gasteiger partial charge >= 0.3 is 11.9 Å². The Morgan fingerprint density at radius 3 is 0.859 bits per heavy atom. The third-order valence-electron chi connectivity index (χ3n) is 10.3. The van der Waals surface area contributed by atoms with Gasteiger partial charge in [-0.2, -0.15) is 0 Å². The van der Waals surface area contributed by atoms with Crippen molar-refractivity contribution in [2.24, 2.45) is 0 Å². The zero-order valence-corrected chi connectivity index (χ0v) is 50.7. The Kier molecular flexibility index (Phi) is 26.3. The average molecular weight is 1530 g/mol. The van der Waals surface area contributed by atoms with Crippen LogP contribution in [-0.4, -0.2) is 37.5 Å². The fourth-order valence-corrected chi connectivity index (χ4v) is 14.4. The Labute approximate surface area is 514 Å². The number of carboxylic acid groups (broad SMARTS) is 2. The topological polar surface area (TPSA) is 145 Å². The molecule has 8 nitrogen and oxygen atoms in total. The lowest BCUT2D eigenvalue weighted by Crippen LogP contribution is -2.04. The summed E-state index contributed by atoms with van der Waals surface area (Å²) in [5.41, 5.74) is 0.309. The van der Waals surface area contributed by atoms with Gasteiger partial charge in [-0.05, 0) is 236 Å². The molecule has 0 aliphatic carbocycles. The molecule has 10 rings (SSSR count). The van der Waals surface area contributed by atoms with E-state index in [9.17, 15) is 24.2 Å². The molecule has 0 saturated heterocycles. The van der Waals surface area contributed by atoms with Crippen LogP contribution in [0, 0.1) is 20.1 Å². The lowest BCUT2D eigenvalue weighted by atomic mass is 10.2. The predicted octanol–water partition coefficient (Wildman–Crippen LogP) is 18.1. The maximum absolute atomic E-state index is 12.2. The molecule has 0 radical (unpaired) electrons. The van der Waals surface area contributed by atoms with E-state index in [0.717, 1.165) is 12.1 Å². The highest BCUT2D eigenvalue weighted by atomic mass is 127. The molecule has 10 aromatic rings. The minimum Gasteiger partial charge on any atom is -0.508 e. The van der Waals surface area contributed by atoms with Crippen molar-refractivity contribution in [3.05, 3.63) is 286 Å². The highest BCUT2D eigenvalue weighted by Crippen LogP contribution is 2.35. The van der Waals surface area contributed by atoms with Crippen LogP contribution < -0.4 is 4.74 Å². The van der Waals surface area contributed by atoms with Gasteiger partial charge in [-0.1, -0.05) is 117 Å². The molecule has 396 valence electrons. The number of ether oxygens (including phenoxy) is 1. The van der Waals surface area contributed by atoms with Gasteiger partial charge in [0, 0.05) is 0 Å².